The molecule has 1 fully saturated rings. The summed E-state index contributed by atoms with van der Waals surface area (Å²) in [6, 6.07) is 2.55. The van der Waals surface area contributed by atoms with E-state index in [0.717, 1.165) is 18.9 Å². The maximum absolute atomic E-state index is 13.5. The first-order valence-electron chi connectivity index (χ1n) is 5.68. The number of nitrogens with zero attached hydrogens (tertiary/aromatic N) is 1. The van der Waals surface area contributed by atoms with Gasteiger partial charge in [0, 0.05) is 19.1 Å². The number of benzene rings is 1. The lowest BCUT2D eigenvalue weighted by Crippen LogP contribution is -2.45. The summed E-state index contributed by atoms with van der Waals surface area (Å²) in [5, 5.41) is 0.243. The van der Waals surface area contributed by atoms with Crippen LogP contribution in [0.3, 0.4) is 0 Å². The highest BCUT2D eigenvalue weighted by atomic mass is 79.9. The molecule has 0 aromatic heterocycles. The smallest absolute Gasteiger partial charge is 0.255 e. The van der Waals surface area contributed by atoms with E-state index in [1.807, 2.05) is 0 Å². The molecule has 2 N–H and O–H groups in total. The van der Waals surface area contributed by atoms with E-state index < -0.39 is 5.82 Å². The summed E-state index contributed by atoms with van der Waals surface area (Å²) in [5.41, 5.74) is 6.01. The molecule has 0 bridgehead atoms. The summed E-state index contributed by atoms with van der Waals surface area (Å²) in [7, 11) is 0. The fraction of sp³-hybridized carbons (Fsp3) is 0.417. The van der Waals surface area contributed by atoms with Gasteiger partial charge in [-0.1, -0.05) is 11.6 Å². The third-order valence-corrected chi connectivity index (χ3v) is 3.91. The molecule has 1 saturated heterocycles. The van der Waals surface area contributed by atoms with Crippen LogP contribution < -0.4 is 5.73 Å². The van der Waals surface area contributed by atoms with Gasteiger partial charge in [0.25, 0.3) is 5.91 Å². The van der Waals surface area contributed by atoms with Crippen LogP contribution in [-0.4, -0.2) is 29.9 Å². The minimum atomic E-state index is -0.496. The summed E-state index contributed by atoms with van der Waals surface area (Å²) in [6.07, 6.45) is 1.77. The van der Waals surface area contributed by atoms with Gasteiger partial charge in [-0.2, -0.15) is 0 Å². The van der Waals surface area contributed by atoms with Gasteiger partial charge in [-0.25, -0.2) is 4.39 Å². The average Bonchev–Trinajstić information content (AvgIpc) is 2.33. The van der Waals surface area contributed by atoms with Crippen LogP contribution in [0.2, 0.25) is 5.02 Å². The normalized spacial score (nSPS) is 20.0. The van der Waals surface area contributed by atoms with Gasteiger partial charge in [0.1, 0.15) is 5.82 Å². The van der Waals surface area contributed by atoms with Gasteiger partial charge < -0.3 is 10.6 Å². The molecular weight excluding hydrogens is 323 g/mol. The van der Waals surface area contributed by atoms with E-state index in [-0.39, 0.29) is 27.0 Å². The van der Waals surface area contributed by atoms with Crippen LogP contribution in [0.4, 0.5) is 4.39 Å². The first kappa shape index (κ1) is 13.8. The van der Waals surface area contributed by atoms with Gasteiger partial charge in [0.2, 0.25) is 0 Å². The predicted octanol–water partition coefficient (Wildman–Crippen LogP) is 2.80. The van der Waals surface area contributed by atoms with Crippen molar-refractivity contribution in [2.75, 3.05) is 13.1 Å². The minimum absolute atomic E-state index is 0.0122. The Labute approximate surface area is 118 Å². The van der Waals surface area contributed by atoms with E-state index in [9.17, 15) is 9.18 Å². The second-order valence-corrected chi connectivity index (χ2v) is 5.66. The zero-order chi connectivity index (χ0) is 13.3. The highest BCUT2D eigenvalue weighted by Gasteiger charge is 2.24. The summed E-state index contributed by atoms with van der Waals surface area (Å²) in [5.74, 6) is -0.759. The van der Waals surface area contributed by atoms with E-state index in [4.69, 9.17) is 17.3 Å². The molecule has 1 atom stereocenters. The van der Waals surface area contributed by atoms with Crippen LogP contribution in [0.25, 0.3) is 0 Å². The standard InChI is InChI=1S/C12H13BrClFN2O/c13-9-5-10(14)8(4-11(9)15)12(18)17-3-1-2-7(16)6-17/h4-5,7H,1-3,6,16H2. The Bertz CT molecular complexity index is 483. The maximum Gasteiger partial charge on any atom is 0.255 e. The maximum atomic E-state index is 13.5. The Kier molecular flexibility index (Phi) is 4.25. The predicted molar refractivity (Wildman–Crippen MR) is 72.2 cm³/mol. The molecule has 1 aliphatic rings. The van der Waals surface area contributed by atoms with Gasteiger partial charge in [-0.3, -0.25) is 4.79 Å². The monoisotopic (exact) mass is 334 g/mol. The molecule has 1 amide bonds. The highest BCUT2D eigenvalue weighted by Crippen LogP contribution is 2.26. The lowest BCUT2D eigenvalue weighted by Gasteiger charge is -2.31. The van der Waals surface area contributed by atoms with Crippen LogP contribution in [0.15, 0.2) is 16.6 Å². The molecule has 1 unspecified atom stereocenters. The van der Waals surface area contributed by atoms with Crippen LogP contribution in [0, 0.1) is 5.82 Å². The number of carbonyl (C=O) groups excluding carboxylic acids is 1. The van der Waals surface area contributed by atoms with Crippen molar-refractivity contribution in [2.24, 2.45) is 5.73 Å². The molecule has 1 aliphatic heterocycles. The number of rotatable bonds is 1. The van der Waals surface area contributed by atoms with Gasteiger partial charge in [-0.15, -0.1) is 0 Å². The Morgan fingerprint density at radius 3 is 2.94 bits per heavy atom. The molecule has 0 aliphatic carbocycles. The summed E-state index contributed by atoms with van der Waals surface area (Å²) in [6.45, 7) is 1.13. The number of piperidine rings is 1. The van der Waals surface area contributed by atoms with Gasteiger partial charge in [0.05, 0.1) is 15.1 Å². The number of hydrogen-bond donors (Lipinski definition) is 1. The molecule has 98 valence electrons. The van der Waals surface area contributed by atoms with E-state index in [0.29, 0.717) is 13.1 Å². The molecule has 6 heteroatoms. The molecule has 0 spiro atoms. The molecule has 2 rings (SSSR count). The Hall–Kier alpha value is -0.650. The quantitative estimate of drug-likeness (QED) is 0.802. The third-order valence-electron chi connectivity index (χ3n) is 2.99. The van der Waals surface area contributed by atoms with Crippen molar-refractivity contribution in [1.29, 1.82) is 0 Å². The largest absolute Gasteiger partial charge is 0.337 e. The Morgan fingerprint density at radius 2 is 2.28 bits per heavy atom. The van der Waals surface area contributed by atoms with Crippen molar-refractivity contribution >= 4 is 33.4 Å². The van der Waals surface area contributed by atoms with Crippen molar-refractivity contribution in [3.63, 3.8) is 0 Å². The highest BCUT2D eigenvalue weighted by molar-refractivity contribution is 9.10. The molecule has 3 nitrogen and oxygen atoms in total. The molecule has 0 radical (unpaired) electrons. The van der Waals surface area contributed by atoms with Crippen LogP contribution in [0.5, 0.6) is 0 Å². The number of likely N-dealkylation sites (tertiary alicyclic amines) is 1. The van der Waals surface area contributed by atoms with Crippen LogP contribution >= 0.6 is 27.5 Å². The number of nitrogens with two attached hydrogens (primary N) is 1. The first-order chi connectivity index (χ1) is 8.49. The summed E-state index contributed by atoms with van der Waals surface area (Å²) >= 11 is 9.01. The van der Waals surface area contributed by atoms with E-state index in [1.165, 1.54) is 6.07 Å². The van der Waals surface area contributed by atoms with Crippen LogP contribution in [-0.2, 0) is 0 Å². The van der Waals surface area contributed by atoms with Gasteiger partial charge in [0.15, 0.2) is 0 Å². The minimum Gasteiger partial charge on any atom is -0.337 e. The number of carbonyl (C=O) groups is 1. The third kappa shape index (κ3) is 2.84. The SMILES string of the molecule is NC1CCCN(C(=O)c2cc(F)c(Br)cc2Cl)C1. The van der Waals surface area contributed by atoms with E-state index in [2.05, 4.69) is 15.9 Å². The van der Waals surface area contributed by atoms with Crippen LogP contribution in [0.1, 0.15) is 23.2 Å². The zero-order valence-corrected chi connectivity index (χ0v) is 12.0. The molecule has 0 saturated carbocycles. The lowest BCUT2D eigenvalue weighted by molar-refractivity contribution is 0.0708. The zero-order valence-electron chi connectivity index (χ0n) is 9.63. The second-order valence-electron chi connectivity index (χ2n) is 4.40. The van der Waals surface area contributed by atoms with Gasteiger partial charge >= 0.3 is 0 Å². The van der Waals surface area contributed by atoms with Crippen molar-refractivity contribution in [2.45, 2.75) is 18.9 Å². The average molecular weight is 336 g/mol. The number of hydrogen-bond acceptors (Lipinski definition) is 2. The number of halogens is 3. The summed E-state index contributed by atoms with van der Waals surface area (Å²) in [4.78, 5) is 13.9. The van der Waals surface area contributed by atoms with Crippen molar-refractivity contribution < 1.29 is 9.18 Å². The van der Waals surface area contributed by atoms with Gasteiger partial charge in [-0.05, 0) is 40.9 Å². The van der Waals surface area contributed by atoms with Crippen molar-refractivity contribution in [1.82, 2.24) is 4.90 Å². The second kappa shape index (κ2) is 5.55. The fourth-order valence-electron chi connectivity index (χ4n) is 2.05. The Morgan fingerprint density at radius 1 is 1.56 bits per heavy atom. The Balaban J connectivity index is 2.25. The first-order valence-corrected chi connectivity index (χ1v) is 6.85. The van der Waals surface area contributed by atoms with E-state index in [1.54, 1.807) is 4.90 Å². The topological polar surface area (TPSA) is 46.3 Å². The molecule has 1 heterocycles. The van der Waals surface area contributed by atoms with E-state index >= 15 is 0 Å². The fourth-order valence-corrected chi connectivity index (χ4v) is 2.77. The lowest BCUT2D eigenvalue weighted by atomic mass is 10.1. The number of amides is 1. The van der Waals surface area contributed by atoms with Crippen molar-refractivity contribution in [3.8, 4) is 0 Å². The van der Waals surface area contributed by atoms with Crippen molar-refractivity contribution in [3.05, 3.63) is 33.0 Å². The molecule has 1 aromatic carbocycles. The molecule has 1 aromatic rings. The molecular formula is C12H13BrClFN2O. The molecule has 18 heavy (non-hydrogen) atoms. The summed E-state index contributed by atoms with van der Waals surface area (Å²) < 4.78 is 13.7.